The third kappa shape index (κ3) is 6.07. The summed E-state index contributed by atoms with van der Waals surface area (Å²) in [7, 11) is 0. The van der Waals surface area contributed by atoms with Gasteiger partial charge >= 0.3 is 5.97 Å². The van der Waals surface area contributed by atoms with Crippen molar-refractivity contribution in [3.05, 3.63) is 83.0 Å². The number of para-hydroxylation sites is 1. The highest BCUT2D eigenvalue weighted by Crippen LogP contribution is 2.24. The number of nitrogens with two attached hydrogens (primary N) is 1. The Kier molecular flexibility index (Phi) is 7.67. The molecule has 0 saturated carbocycles. The summed E-state index contributed by atoms with van der Waals surface area (Å²) in [6.45, 7) is 1.22. The van der Waals surface area contributed by atoms with Crippen LogP contribution in [0.1, 0.15) is 46.4 Å². The maximum Gasteiger partial charge on any atom is 0.307 e. The SMILES string of the molecule is NCc1cccc(-c2cc(CCC3CCCO3)cc(C(=O)Nc3ccccc3CC(=O)O)n2)c1. The number of nitrogens with zero attached hydrogens (tertiary/aromatic N) is 1. The first-order valence-electron chi connectivity index (χ1n) is 11.5. The number of rotatable bonds is 9. The second-order valence-electron chi connectivity index (χ2n) is 8.51. The molecule has 7 nitrogen and oxygen atoms in total. The predicted molar refractivity (Wildman–Crippen MR) is 131 cm³/mol. The summed E-state index contributed by atoms with van der Waals surface area (Å²) >= 11 is 0. The van der Waals surface area contributed by atoms with Gasteiger partial charge in [0.15, 0.2) is 0 Å². The van der Waals surface area contributed by atoms with Crippen LogP contribution in [0, 0.1) is 0 Å². The van der Waals surface area contributed by atoms with E-state index in [-0.39, 0.29) is 24.1 Å². The largest absolute Gasteiger partial charge is 0.481 e. The zero-order valence-electron chi connectivity index (χ0n) is 19.0. The van der Waals surface area contributed by atoms with Gasteiger partial charge in [0.25, 0.3) is 5.91 Å². The van der Waals surface area contributed by atoms with E-state index in [9.17, 15) is 14.7 Å². The van der Waals surface area contributed by atoms with Crippen LogP contribution >= 0.6 is 0 Å². The molecule has 0 aliphatic carbocycles. The number of hydrogen-bond donors (Lipinski definition) is 3. The van der Waals surface area contributed by atoms with E-state index in [4.69, 9.17) is 10.5 Å². The van der Waals surface area contributed by atoms with Crippen LogP contribution in [-0.2, 0) is 28.9 Å². The zero-order chi connectivity index (χ0) is 23.9. The highest BCUT2D eigenvalue weighted by molar-refractivity contribution is 6.04. The molecule has 34 heavy (non-hydrogen) atoms. The maximum absolute atomic E-state index is 13.2. The molecular weight excluding hydrogens is 430 g/mol. The van der Waals surface area contributed by atoms with Gasteiger partial charge in [-0.2, -0.15) is 0 Å². The molecule has 176 valence electrons. The summed E-state index contributed by atoms with van der Waals surface area (Å²) in [6.07, 6.45) is 3.87. The second-order valence-corrected chi connectivity index (χ2v) is 8.51. The molecule has 2 aromatic carbocycles. The monoisotopic (exact) mass is 459 g/mol. The lowest BCUT2D eigenvalue weighted by molar-refractivity contribution is -0.136. The van der Waals surface area contributed by atoms with Gasteiger partial charge in [0, 0.05) is 24.4 Å². The fourth-order valence-electron chi connectivity index (χ4n) is 4.20. The van der Waals surface area contributed by atoms with Gasteiger partial charge in [0.05, 0.1) is 18.2 Å². The number of aliphatic carboxylic acids is 1. The van der Waals surface area contributed by atoms with E-state index in [1.54, 1.807) is 30.3 Å². The summed E-state index contributed by atoms with van der Waals surface area (Å²) in [4.78, 5) is 29.1. The van der Waals surface area contributed by atoms with Gasteiger partial charge in [-0.1, -0.05) is 36.4 Å². The quantitative estimate of drug-likeness (QED) is 0.442. The van der Waals surface area contributed by atoms with Crippen molar-refractivity contribution in [2.24, 2.45) is 5.73 Å². The molecule has 1 fully saturated rings. The minimum atomic E-state index is -0.960. The smallest absolute Gasteiger partial charge is 0.307 e. The van der Waals surface area contributed by atoms with Crippen LogP contribution in [0.15, 0.2) is 60.7 Å². The van der Waals surface area contributed by atoms with Crippen molar-refractivity contribution in [2.45, 2.75) is 44.8 Å². The van der Waals surface area contributed by atoms with Crippen LogP contribution in [0.4, 0.5) is 5.69 Å². The van der Waals surface area contributed by atoms with Gasteiger partial charge < -0.3 is 20.9 Å². The average molecular weight is 460 g/mol. The Hall–Kier alpha value is -3.55. The number of aryl methyl sites for hydroxylation is 1. The van der Waals surface area contributed by atoms with E-state index in [1.807, 2.05) is 30.3 Å². The molecule has 1 atom stereocenters. The molecule has 1 aromatic heterocycles. The number of carboxylic acids is 1. The van der Waals surface area contributed by atoms with Crippen LogP contribution in [0.2, 0.25) is 0 Å². The Balaban J connectivity index is 1.64. The number of hydrogen-bond acceptors (Lipinski definition) is 5. The molecule has 4 rings (SSSR count). The Morgan fingerprint density at radius 2 is 1.94 bits per heavy atom. The summed E-state index contributed by atoms with van der Waals surface area (Å²) in [5, 5.41) is 12.0. The third-order valence-corrected chi connectivity index (χ3v) is 5.96. The molecule has 0 radical (unpaired) electrons. The number of aromatic nitrogens is 1. The van der Waals surface area contributed by atoms with E-state index < -0.39 is 5.97 Å². The Morgan fingerprint density at radius 3 is 2.71 bits per heavy atom. The van der Waals surface area contributed by atoms with Crippen molar-refractivity contribution in [3.63, 3.8) is 0 Å². The number of anilines is 1. The molecule has 1 aliphatic rings. The van der Waals surface area contributed by atoms with E-state index in [2.05, 4.69) is 10.3 Å². The lowest BCUT2D eigenvalue weighted by Crippen LogP contribution is -2.17. The average Bonchev–Trinajstić information content (AvgIpc) is 3.37. The van der Waals surface area contributed by atoms with Gasteiger partial charge in [-0.3, -0.25) is 9.59 Å². The molecule has 1 saturated heterocycles. The van der Waals surface area contributed by atoms with Gasteiger partial charge in [-0.15, -0.1) is 0 Å². The molecular formula is C27H29N3O4. The highest BCUT2D eigenvalue weighted by atomic mass is 16.5. The number of benzene rings is 2. The lowest BCUT2D eigenvalue weighted by Gasteiger charge is -2.13. The molecule has 0 spiro atoms. The Bertz CT molecular complexity index is 1170. The molecule has 2 heterocycles. The van der Waals surface area contributed by atoms with Crippen molar-refractivity contribution >= 4 is 17.6 Å². The van der Waals surface area contributed by atoms with E-state index in [0.29, 0.717) is 23.5 Å². The van der Waals surface area contributed by atoms with Crippen molar-refractivity contribution in [1.29, 1.82) is 0 Å². The van der Waals surface area contributed by atoms with Gasteiger partial charge in [0.1, 0.15) is 5.69 Å². The van der Waals surface area contributed by atoms with E-state index in [0.717, 1.165) is 49.0 Å². The van der Waals surface area contributed by atoms with E-state index in [1.165, 1.54) is 0 Å². The predicted octanol–water partition coefficient (Wildman–Crippen LogP) is 4.20. The molecule has 1 amide bonds. The third-order valence-electron chi connectivity index (χ3n) is 5.96. The number of nitrogens with one attached hydrogen (secondary N) is 1. The van der Waals surface area contributed by atoms with Crippen molar-refractivity contribution in [2.75, 3.05) is 11.9 Å². The minimum absolute atomic E-state index is 0.178. The first kappa shape index (κ1) is 23.6. The standard InChI is InChI=1S/C27H29N3O4/c28-17-19-5-3-7-20(13-19)24-14-18(10-11-22-8-4-12-34-22)15-25(29-24)27(33)30-23-9-2-1-6-21(23)16-26(31)32/h1-3,5-7,9,13-15,22H,4,8,10-12,16-17,28H2,(H,30,33)(H,31,32). The zero-order valence-corrected chi connectivity index (χ0v) is 19.0. The second kappa shape index (κ2) is 11.0. The van der Waals surface area contributed by atoms with Crippen LogP contribution in [0.25, 0.3) is 11.3 Å². The molecule has 4 N–H and O–H groups in total. The molecule has 1 unspecified atom stereocenters. The fourth-order valence-corrected chi connectivity index (χ4v) is 4.20. The first-order valence-corrected chi connectivity index (χ1v) is 11.5. The summed E-state index contributed by atoms with van der Waals surface area (Å²) in [5.41, 5.74) is 10.7. The highest BCUT2D eigenvalue weighted by Gasteiger charge is 2.18. The molecule has 1 aliphatic heterocycles. The van der Waals surface area contributed by atoms with Crippen LogP contribution < -0.4 is 11.1 Å². The van der Waals surface area contributed by atoms with E-state index >= 15 is 0 Å². The Morgan fingerprint density at radius 1 is 1.09 bits per heavy atom. The van der Waals surface area contributed by atoms with Crippen LogP contribution in [-0.4, -0.2) is 34.7 Å². The normalized spacial score (nSPS) is 15.3. The fraction of sp³-hybridized carbons (Fsp3) is 0.296. The van der Waals surface area contributed by atoms with Crippen molar-refractivity contribution in [1.82, 2.24) is 4.98 Å². The molecule has 7 heteroatoms. The summed E-state index contributed by atoms with van der Waals surface area (Å²) < 4.78 is 5.76. The number of carbonyl (C=O) groups is 2. The number of ether oxygens (including phenoxy) is 1. The Labute approximate surface area is 199 Å². The number of amides is 1. The van der Waals surface area contributed by atoms with Gasteiger partial charge in [-0.25, -0.2) is 4.98 Å². The first-order chi connectivity index (χ1) is 16.5. The number of pyridine rings is 1. The lowest BCUT2D eigenvalue weighted by atomic mass is 10.0. The number of carboxylic acid groups (broad SMARTS) is 1. The minimum Gasteiger partial charge on any atom is -0.481 e. The van der Waals surface area contributed by atoms with Crippen LogP contribution in [0.3, 0.4) is 0 Å². The summed E-state index contributed by atoms with van der Waals surface area (Å²) in [5.74, 6) is -1.34. The molecule has 3 aromatic rings. The number of carbonyl (C=O) groups excluding carboxylic acids is 1. The van der Waals surface area contributed by atoms with Gasteiger partial charge in [-0.05, 0) is 66.6 Å². The van der Waals surface area contributed by atoms with Gasteiger partial charge in [0.2, 0.25) is 0 Å². The van der Waals surface area contributed by atoms with Crippen LogP contribution in [0.5, 0.6) is 0 Å². The van der Waals surface area contributed by atoms with Crippen molar-refractivity contribution in [3.8, 4) is 11.3 Å². The summed E-state index contributed by atoms with van der Waals surface area (Å²) in [6, 6.07) is 18.5. The maximum atomic E-state index is 13.2. The van der Waals surface area contributed by atoms with Crippen molar-refractivity contribution < 1.29 is 19.4 Å². The molecule has 0 bridgehead atoms. The topological polar surface area (TPSA) is 115 Å².